The van der Waals surface area contributed by atoms with Crippen molar-refractivity contribution in [2.45, 2.75) is 25.4 Å². The number of anilines is 2. The number of nitrogens with one attached hydrogen (secondary N) is 1. The van der Waals surface area contributed by atoms with Gasteiger partial charge in [0.15, 0.2) is 5.13 Å². The van der Waals surface area contributed by atoms with Gasteiger partial charge in [0.2, 0.25) is 0 Å². The third kappa shape index (κ3) is 2.34. The van der Waals surface area contributed by atoms with E-state index in [-0.39, 0.29) is 6.10 Å². The largest absolute Gasteiger partial charge is 0.388 e. The second-order valence-corrected chi connectivity index (χ2v) is 5.69. The zero-order chi connectivity index (χ0) is 12.5. The number of aliphatic hydroxyl groups is 1. The standard InChI is InChI=1S/C12H12ClN3OS/c13-7-4-5-10(14-6-7)16-12-15-8-2-1-3-9(17)11(8)18-12/h4-6,9,17H,1-3H2,(H,14,15,16). The lowest BCUT2D eigenvalue weighted by Crippen LogP contribution is -2.06. The van der Waals surface area contributed by atoms with E-state index in [2.05, 4.69) is 15.3 Å². The maximum Gasteiger partial charge on any atom is 0.188 e. The topological polar surface area (TPSA) is 58.0 Å². The van der Waals surface area contributed by atoms with Crippen molar-refractivity contribution in [3.8, 4) is 0 Å². The fourth-order valence-electron chi connectivity index (χ4n) is 2.01. The molecule has 0 amide bonds. The summed E-state index contributed by atoms with van der Waals surface area (Å²) in [6.45, 7) is 0. The smallest absolute Gasteiger partial charge is 0.188 e. The van der Waals surface area contributed by atoms with Crippen LogP contribution in [0.5, 0.6) is 0 Å². The number of nitrogens with zero attached hydrogens (tertiary/aromatic N) is 2. The summed E-state index contributed by atoms with van der Waals surface area (Å²) in [5, 5.41) is 14.4. The molecule has 0 saturated carbocycles. The monoisotopic (exact) mass is 281 g/mol. The summed E-state index contributed by atoms with van der Waals surface area (Å²) < 4.78 is 0. The molecule has 0 aromatic carbocycles. The minimum absolute atomic E-state index is 0.361. The zero-order valence-corrected chi connectivity index (χ0v) is 11.1. The molecule has 0 bridgehead atoms. The van der Waals surface area contributed by atoms with Gasteiger partial charge in [-0.05, 0) is 31.4 Å². The van der Waals surface area contributed by atoms with E-state index in [9.17, 15) is 5.11 Å². The molecule has 0 aliphatic heterocycles. The van der Waals surface area contributed by atoms with Gasteiger partial charge in [0, 0.05) is 6.20 Å². The molecule has 6 heteroatoms. The van der Waals surface area contributed by atoms with Crippen molar-refractivity contribution in [3.63, 3.8) is 0 Å². The Morgan fingerprint density at radius 2 is 2.33 bits per heavy atom. The summed E-state index contributed by atoms with van der Waals surface area (Å²) >= 11 is 7.28. The lowest BCUT2D eigenvalue weighted by molar-refractivity contribution is 0.160. The fraction of sp³-hybridized carbons (Fsp3) is 0.333. The van der Waals surface area contributed by atoms with Gasteiger partial charge < -0.3 is 10.4 Å². The minimum Gasteiger partial charge on any atom is -0.388 e. The molecule has 0 fully saturated rings. The van der Waals surface area contributed by atoms with E-state index in [0.717, 1.165) is 35.0 Å². The zero-order valence-electron chi connectivity index (χ0n) is 9.56. The first kappa shape index (κ1) is 11.9. The molecule has 1 atom stereocenters. The maximum atomic E-state index is 9.89. The van der Waals surface area contributed by atoms with E-state index in [1.165, 1.54) is 11.3 Å². The third-order valence-electron chi connectivity index (χ3n) is 2.88. The Morgan fingerprint density at radius 1 is 1.44 bits per heavy atom. The number of halogens is 1. The summed E-state index contributed by atoms with van der Waals surface area (Å²) in [6, 6.07) is 3.58. The number of aromatic nitrogens is 2. The van der Waals surface area contributed by atoms with Crippen LogP contribution >= 0.6 is 22.9 Å². The van der Waals surface area contributed by atoms with Crippen LogP contribution in [-0.4, -0.2) is 15.1 Å². The van der Waals surface area contributed by atoms with Gasteiger partial charge in [-0.1, -0.05) is 22.9 Å². The van der Waals surface area contributed by atoms with Crippen molar-refractivity contribution in [2.75, 3.05) is 5.32 Å². The molecular weight excluding hydrogens is 270 g/mol. The molecule has 18 heavy (non-hydrogen) atoms. The lowest BCUT2D eigenvalue weighted by Gasteiger charge is -2.14. The van der Waals surface area contributed by atoms with Gasteiger partial charge in [0.1, 0.15) is 5.82 Å². The summed E-state index contributed by atoms with van der Waals surface area (Å²) in [5.74, 6) is 0.708. The highest BCUT2D eigenvalue weighted by Crippen LogP contribution is 2.36. The van der Waals surface area contributed by atoms with Crippen LogP contribution in [0.15, 0.2) is 18.3 Å². The molecule has 0 saturated heterocycles. The van der Waals surface area contributed by atoms with Gasteiger partial charge in [-0.2, -0.15) is 0 Å². The van der Waals surface area contributed by atoms with E-state index < -0.39 is 0 Å². The number of aryl methyl sites for hydroxylation is 1. The second-order valence-electron chi connectivity index (χ2n) is 4.22. The Bertz CT molecular complexity index is 555. The summed E-state index contributed by atoms with van der Waals surface area (Å²) in [6.07, 6.45) is 4.00. The van der Waals surface area contributed by atoms with E-state index >= 15 is 0 Å². The van der Waals surface area contributed by atoms with Crippen molar-refractivity contribution in [1.82, 2.24) is 9.97 Å². The number of hydrogen-bond acceptors (Lipinski definition) is 5. The van der Waals surface area contributed by atoms with Crippen molar-refractivity contribution < 1.29 is 5.11 Å². The van der Waals surface area contributed by atoms with Crippen LogP contribution in [0.4, 0.5) is 10.9 Å². The molecule has 0 radical (unpaired) electrons. The lowest BCUT2D eigenvalue weighted by atomic mass is 10.0. The van der Waals surface area contributed by atoms with Crippen LogP contribution in [0, 0.1) is 0 Å². The highest BCUT2D eigenvalue weighted by molar-refractivity contribution is 7.15. The summed E-state index contributed by atoms with van der Waals surface area (Å²) in [5.41, 5.74) is 1.01. The average molecular weight is 282 g/mol. The van der Waals surface area contributed by atoms with Crippen LogP contribution in [0.1, 0.15) is 29.5 Å². The van der Waals surface area contributed by atoms with Gasteiger partial charge >= 0.3 is 0 Å². The molecule has 2 aromatic heterocycles. The van der Waals surface area contributed by atoms with Crippen molar-refractivity contribution >= 4 is 33.9 Å². The molecular formula is C12H12ClN3OS. The van der Waals surface area contributed by atoms with E-state index in [4.69, 9.17) is 11.6 Å². The Kier molecular flexibility index (Phi) is 3.20. The van der Waals surface area contributed by atoms with E-state index in [0.29, 0.717) is 10.8 Å². The molecule has 3 rings (SSSR count). The molecule has 2 N–H and O–H groups in total. The molecule has 1 unspecified atom stereocenters. The normalized spacial score (nSPS) is 18.4. The number of rotatable bonds is 2. The Morgan fingerprint density at radius 3 is 3.06 bits per heavy atom. The van der Waals surface area contributed by atoms with Crippen molar-refractivity contribution in [3.05, 3.63) is 33.9 Å². The van der Waals surface area contributed by atoms with Gasteiger partial charge in [0.05, 0.1) is 21.7 Å². The molecule has 2 heterocycles. The second kappa shape index (κ2) is 4.84. The quantitative estimate of drug-likeness (QED) is 0.887. The third-order valence-corrected chi connectivity index (χ3v) is 4.22. The highest BCUT2D eigenvalue weighted by Gasteiger charge is 2.22. The number of thiazole rings is 1. The Labute approximate surface area is 114 Å². The molecule has 2 aromatic rings. The summed E-state index contributed by atoms with van der Waals surface area (Å²) in [7, 11) is 0. The first-order valence-electron chi connectivity index (χ1n) is 5.78. The number of aliphatic hydroxyl groups excluding tert-OH is 1. The van der Waals surface area contributed by atoms with Crippen LogP contribution in [-0.2, 0) is 6.42 Å². The van der Waals surface area contributed by atoms with Crippen LogP contribution in [0.2, 0.25) is 5.02 Å². The van der Waals surface area contributed by atoms with Crippen LogP contribution in [0.3, 0.4) is 0 Å². The van der Waals surface area contributed by atoms with Crippen molar-refractivity contribution in [1.29, 1.82) is 0 Å². The average Bonchev–Trinajstić information content (AvgIpc) is 2.76. The molecule has 94 valence electrons. The predicted octanol–water partition coefficient (Wildman–Crippen LogP) is 3.30. The number of hydrogen-bond donors (Lipinski definition) is 2. The first-order valence-corrected chi connectivity index (χ1v) is 6.98. The highest BCUT2D eigenvalue weighted by atomic mass is 35.5. The SMILES string of the molecule is OC1CCCc2nc(Nc3ccc(Cl)cn3)sc21. The Balaban J connectivity index is 1.83. The fourth-order valence-corrected chi connectivity index (χ4v) is 3.16. The minimum atomic E-state index is -0.361. The van der Waals surface area contributed by atoms with Gasteiger partial charge in [-0.3, -0.25) is 0 Å². The molecule has 0 spiro atoms. The number of fused-ring (bicyclic) bond motifs is 1. The van der Waals surface area contributed by atoms with Gasteiger partial charge in [-0.15, -0.1) is 0 Å². The maximum absolute atomic E-state index is 9.89. The first-order chi connectivity index (χ1) is 8.72. The predicted molar refractivity (Wildman–Crippen MR) is 72.5 cm³/mol. The van der Waals surface area contributed by atoms with Crippen molar-refractivity contribution in [2.24, 2.45) is 0 Å². The Hall–Kier alpha value is -1.17. The van der Waals surface area contributed by atoms with E-state index in [1.54, 1.807) is 18.3 Å². The van der Waals surface area contributed by atoms with Crippen LogP contribution in [0.25, 0.3) is 0 Å². The molecule has 1 aliphatic carbocycles. The van der Waals surface area contributed by atoms with Crippen LogP contribution < -0.4 is 5.32 Å². The summed E-state index contributed by atoms with van der Waals surface area (Å²) in [4.78, 5) is 9.64. The molecule has 4 nitrogen and oxygen atoms in total. The number of pyridine rings is 1. The van der Waals surface area contributed by atoms with Gasteiger partial charge in [0.25, 0.3) is 0 Å². The van der Waals surface area contributed by atoms with Gasteiger partial charge in [-0.25, -0.2) is 9.97 Å². The van der Waals surface area contributed by atoms with E-state index in [1.807, 2.05) is 0 Å². The molecule has 1 aliphatic rings.